The Kier molecular flexibility index (Phi) is 3.32. The third kappa shape index (κ3) is 1.99. The summed E-state index contributed by atoms with van der Waals surface area (Å²) in [5.74, 6) is 0. The molecule has 0 spiro atoms. The number of aromatic nitrogens is 1. The standard InChI is InChI=1S/C12H18BN3/c1-13-16-8-7-11-10(9-15(3)14-2)5-4-6-12(11)16/h4-8,13-14H,9H2,1-3H3. The third-order valence-electron chi connectivity index (χ3n) is 3.03. The van der Waals surface area contributed by atoms with Crippen molar-refractivity contribution in [2.75, 3.05) is 14.1 Å². The highest BCUT2D eigenvalue weighted by Gasteiger charge is 2.06. The van der Waals surface area contributed by atoms with Gasteiger partial charge >= 0.3 is 0 Å². The largest absolute Gasteiger partial charge is 0.396 e. The van der Waals surface area contributed by atoms with Crippen LogP contribution >= 0.6 is 0 Å². The van der Waals surface area contributed by atoms with Gasteiger partial charge in [-0.3, -0.25) is 5.43 Å². The molecule has 0 saturated carbocycles. The number of hydrogen-bond donors (Lipinski definition) is 1. The Hall–Kier alpha value is -1.26. The van der Waals surface area contributed by atoms with E-state index in [4.69, 9.17) is 0 Å². The smallest absolute Gasteiger partial charge is 0.238 e. The van der Waals surface area contributed by atoms with Gasteiger partial charge in [-0.1, -0.05) is 19.0 Å². The molecule has 84 valence electrons. The number of nitrogens with one attached hydrogen (secondary N) is 1. The molecule has 4 heteroatoms. The van der Waals surface area contributed by atoms with Crippen LogP contribution in [0.2, 0.25) is 6.82 Å². The highest BCUT2D eigenvalue weighted by Crippen LogP contribution is 2.20. The molecule has 2 aromatic rings. The summed E-state index contributed by atoms with van der Waals surface area (Å²) >= 11 is 0. The van der Waals surface area contributed by atoms with E-state index >= 15 is 0 Å². The maximum atomic E-state index is 3.13. The fraction of sp³-hybridized carbons (Fsp3) is 0.333. The van der Waals surface area contributed by atoms with Crippen LogP contribution in [-0.2, 0) is 6.54 Å². The van der Waals surface area contributed by atoms with Gasteiger partial charge in [0.1, 0.15) is 0 Å². The van der Waals surface area contributed by atoms with Gasteiger partial charge in [-0.2, -0.15) is 0 Å². The molecule has 0 aliphatic carbocycles. The third-order valence-corrected chi connectivity index (χ3v) is 3.03. The van der Waals surface area contributed by atoms with Crippen molar-refractivity contribution in [1.29, 1.82) is 0 Å². The van der Waals surface area contributed by atoms with Gasteiger partial charge in [0.2, 0.25) is 7.41 Å². The molecule has 1 aromatic heterocycles. The van der Waals surface area contributed by atoms with Crippen LogP contribution in [0.1, 0.15) is 5.56 Å². The SMILES string of the molecule is CBn1ccc2c(CN(C)NC)cccc21. The minimum atomic E-state index is 0.918. The zero-order chi connectivity index (χ0) is 11.5. The summed E-state index contributed by atoms with van der Waals surface area (Å²) in [5, 5.41) is 3.43. The van der Waals surface area contributed by atoms with Crippen molar-refractivity contribution in [3.63, 3.8) is 0 Å². The van der Waals surface area contributed by atoms with E-state index in [2.05, 4.69) is 59.2 Å². The molecule has 0 saturated heterocycles. The first-order valence-electron chi connectivity index (χ1n) is 5.71. The summed E-state index contributed by atoms with van der Waals surface area (Å²) < 4.78 is 2.28. The summed E-state index contributed by atoms with van der Waals surface area (Å²) in [7, 11) is 5.02. The average molecular weight is 215 g/mol. The fourth-order valence-electron chi connectivity index (χ4n) is 2.04. The van der Waals surface area contributed by atoms with E-state index in [-0.39, 0.29) is 0 Å². The first kappa shape index (κ1) is 11.2. The average Bonchev–Trinajstić information content (AvgIpc) is 2.73. The summed E-state index contributed by atoms with van der Waals surface area (Å²) in [6.07, 6.45) is 2.16. The van der Waals surface area contributed by atoms with E-state index < -0.39 is 0 Å². The summed E-state index contributed by atoms with van der Waals surface area (Å²) in [6, 6.07) is 8.71. The van der Waals surface area contributed by atoms with Gasteiger partial charge in [-0.05, 0) is 30.9 Å². The number of hydrogen-bond acceptors (Lipinski definition) is 2. The maximum absolute atomic E-state index is 3.13. The van der Waals surface area contributed by atoms with Crippen LogP contribution < -0.4 is 5.43 Å². The molecule has 0 bridgehead atoms. The van der Waals surface area contributed by atoms with Gasteiger partial charge < -0.3 is 4.48 Å². The second kappa shape index (κ2) is 4.72. The van der Waals surface area contributed by atoms with Crippen molar-refractivity contribution in [2.45, 2.75) is 13.4 Å². The molecule has 0 aliphatic heterocycles. The molecular weight excluding hydrogens is 197 g/mol. The molecule has 1 heterocycles. The second-order valence-corrected chi connectivity index (χ2v) is 4.03. The maximum Gasteiger partial charge on any atom is 0.238 e. The first-order valence-corrected chi connectivity index (χ1v) is 5.71. The van der Waals surface area contributed by atoms with Crippen molar-refractivity contribution < 1.29 is 0 Å². The van der Waals surface area contributed by atoms with E-state index in [1.807, 2.05) is 7.05 Å². The van der Waals surface area contributed by atoms with E-state index in [0.29, 0.717) is 0 Å². The lowest BCUT2D eigenvalue weighted by molar-refractivity contribution is 0.252. The predicted octanol–water partition coefficient (Wildman–Crippen LogP) is 1.46. The minimum absolute atomic E-state index is 0.918. The quantitative estimate of drug-likeness (QED) is 0.615. The predicted molar refractivity (Wildman–Crippen MR) is 70.9 cm³/mol. The van der Waals surface area contributed by atoms with Crippen molar-refractivity contribution in [3.05, 3.63) is 36.0 Å². The Labute approximate surface area is 97.3 Å². The number of benzene rings is 1. The minimum Gasteiger partial charge on any atom is -0.396 e. The molecule has 16 heavy (non-hydrogen) atoms. The first-order chi connectivity index (χ1) is 7.76. The molecule has 1 aromatic carbocycles. The zero-order valence-electron chi connectivity index (χ0n) is 10.2. The molecule has 0 unspecified atom stereocenters. The van der Waals surface area contributed by atoms with Crippen LogP contribution in [0.15, 0.2) is 30.5 Å². The van der Waals surface area contributed by atoms with Crippen LogP contribution in [0.4, 0.5) is 0 Å². The van der Waals surface area contributed by atoms with Crippen molar-refractivity contribution >= 4 is 18.3 Å². The van der Waals surface area contributed by atoms with Crippen LogP contribution in [0.3, 0.4) is 0 Å². The molecule has 0 amide bonds. The summed E-state index contributed by atoms with van der Waals surface area (Å²) in [6.45, 7) is 3.09. The summed E-state index contributed by atoms with van der Waals surface area (Å²) in [4.78, 5) is 0. The molecule has 0 aliphatic rings. The Bertz CT molecular complexity index is 478. The molecule has 3 nitrogen and oxygen atoms in total. The van der Waals surface area contributed by atoms with Crippen LogP contribution in [0.5, 0.6) is 0 Å². The van der Waals surface area contributed by atoms with E-state index in [0.717, 1.165) is 14.0 Å². The lowest BCUT2D eigenvalue weighted by Crippen LogP contribution is -2.29. The molecule has 0 fully saturated rings. The van der Waals surface area contributed by atoms with Gasteiger partial charge in [0.25, 0.3) is 0 Å². The number of rotatable bonds is 4. The Morgan fingerprint density at radius 3 is 2.88 bits per heavy atom. The highest BCUT2D eigenvalue weighted by atomic mass is 15.5. The van der Waals surface area contributed by atoms with Crippen LogP contribution in [0.25, 0.3) is 10.9 Å². The molecule has 2 rings (SSSR count). The monoisotopic (exact) mass is 215 g/mol. The lowest BCUT2D eigenvalue weighted by atomic mass is 9.99. The van der Waals surface area contributed by atoms with E-state index in [1.165, 1.54) is 16.5 Å². The zero-order valence-corrected chi connectivity index (χ0v) is 10.2. The number of nitrogens with zero attached hydrogens (tertiary/aromatic N) is 2. The Morgan fingerprint density at radius 2 is 2.19 bits per heavy atom. The summed E-state index contributed by atoms with van der Waals surface area (Å²) in [5.41, 5.74) is 5.81. The lowest BCUT2D eigenvalue weighted by Gasteiger charge is -2.15. The van der Waals surface area contributed by atoms with Crippen molar-refractivity contribution in [1.82, 2.24) is 14.9 Å². The Morgan fingerprint density at radius 1 is 1.38 bits per heavy atom. The molecular formula is C12H18BN3. The second-order valence-electron chi connectivity index (χ2n) is 4.03. The molecule has 1 N–H and O–H groups in total. The normalized spacial score (nSPS) is 11.2. The molecule has 0 atom stereocenters. The van der Waals surface area contributed by atoms with E-state index in [9.17, 15) is 0 Å². The molecule has 0 radical (unpaired) electrons. The van der Waals surface area contributed by atoms with Crippen molar-refractivity contribution in [2.24, 2.45) is 0 Å². The van der Waals surface area contributed by atoms with Gasteiger partial charge in [-0.25, -0.2) is 5.01 Å². The Balaban J connectivity index is 2.42. The van der Waals surface area contributed by atoms with E-state index in [1.54, 1.807) is 0 Å². The number of hydrazine groups is 1. The highest BCUT2D eigenvalue weighted by molar-refractivity contribution is 6.33. The van der Waals surface area contributed by atoms with Crippen LogP contribution in [0, 0.1) is 0 Å². The number of fused-ring (bicyclic) bond motifs is 1. The van der Waals surface area contributed by atoms with Gasteiger partial charge in [0, 0.05) is 24.5 Å². The van der Waals surface area contributed by atoms with Crippen molar-refractivity contribution in [3.8, 4) is 0 Å². The van der Waals surface area contributed by atoms with Crippen LogP contribution in [-0.4, -0.2) is 31.0 Å². The fourth-order valence-corrected chi connectivity index (χ4v) is 2.04. The van der Waals surface area contributed by atoms with Gasteiger partial charge in [-0.15, -0.1) is 0 Å². The topological polar surface area (TPSA) is 20.2 Å². The van der Waals surface area contributed by atoms with Gasteiger partial charge in [0.05, 0.1) is 0 Å². The van der Waals surface area contributed by atoms with Gasteiger partial charge in [0.15, 0.2) is 0 Å².